The lowest BCUT2D eigenvalue weighted by molar-refractivity contribution is -0.137. The number of hydrogen-bond donors (Lipinski definition) is 1. The van der Waals surface area contributed by atoms with Crippen molar-refractivity contribution in [2.45, 2.75) is 31.5 Å². The molecule has 0 amide bonds. The Morgan fingerprint density at radius 3 is 2.42 bits per heavy atom. The van der Waals surface area contributed by atoms with Gasteiger partial charge in [-0.15, -0.1) is 5.10 Å². The fraction of sp³-hybridized carbons (Fsp3) is 0.571. The van der Waals surface area contributed by atoms with Gasteiger partial charge in [0.25, 0.3) is 0 Å². The minimum Gasteiger partial charge on any atom is -0.382 e. The zero-order chi connectivity index (χ0) is 17.5. The Morgan fingerprint density at radius 1 is 1.21 bits per heavy atom. The molecule has 3 rings (SSSR count). The van der Waals surface area contributed by atoms with Gasteiger partial charge in [0.1, 0.15) is 17.5 Å². The molecule has 24 heavy (non-hydrogen) atoms. The Kier molecular flexibility index (Phi) is 3.94. The van der Waals surface area contributed by atoms with Crippen molar-refractivity contribution < 1.29 is 18.3 Å². The highest BCUT2D eigenvalue weighted by Crippen LogP contribution is 2.38. The van der Waals surface area contributed by atoms with Gasteiger partial charge in [0.2, 0.25) is 0 Å². The van der Waals surface area contributed by atoms with Crippen LogP contribution in [0.3, 0.4) is 0 Å². The molecule has 0 bridgehead atoms. The Balaban J connectivity index is 1.84. The van der Waals surface area contributed by atoms with E-state index in [-0.39, 0.29) is 37.4 Å². The average molecular weight is 342 g/mol. The van der Waals surface area contributed by atoms with Gasteiger partial charge in [0.05, 0.1) is 5.69 Å². The number of alkyl halides is 3. The van der Waals surface area contributed by atoms with Crippen molar-refractivity contribution in [3.8, 4) is 0 Å². The summed E-state index contributed by atoms with van der Waals surface area (Å²) in [5, 5.41) is 22.2. The third-order valence-electron chi connectivity index (χ3n) is 4.22. The molecule has 0 unspecified atom stereocenters. The average Bonchev–Trinajstić information content (AvgIpc) is 2.94. The molecule has 0 aromatic carbocycles. The second-order valence-electron chi connectivity index (χ2n) is 5.95. The Morgan fingerprint density at radius 2 is 1.88 bits per heavy atom. The van der Waals surface area contributed by atoms with Crippen LogP contribution in [0.15, 0.2) is 12.4 Å². The highest BCUT2D eigenvalue weighted by Gasteiger charge is 2.41. The van der Waals surface area contributed by atoms with E-state index in [1.165, 1.54) is 22.8 Å². The lowest BCUT2D eigenvalue weighted by Crippen LogP contribution is -2.45. The van der Waals surface area contributed by atoms with Gasteiger partial charge in [-0.05, 0) is 13.0 Å². The highest BCUT2D eigenvalue weighted by atomic mass is 19.4. The normalized spacial score (nSPS) is 18.0. The van der Waals surface area contributed by atoms with E-state index in [0.29, 0.717) is 5.82 Å². The van der Waals surface area contributed by atoms with Gasteiger partial charge in [0, 0.05) is 33.0 Å². The molecule has 130 valence electrons. The second-order valence-corrected chi connectivity index (χ2v) is 5.95. The summed E-state index contributed by atoms with van der Waals surface area (Å²) in [6.07, 6.45) is -2.71. The van der Waals surface area contributed by atoms with Crippen LogP contribution in [0.1, 0.15) is 29.9 Å². The first kappa shape index (κ1) is 16.6. The summed E-state index contributed by atoms with van der Waals surface area (Å²) >= 11 is 0. The van der Waals surface area contributed by atoms with Crippen LogP contribution in [-0.2, 0) is 18.8 Å². The van der Waals surface area contributed by atoms with Crippen molar-refractivity contribution in [3.05, 3.63) is 29.5 Å². The number of aryl methyl sites for hydroxylation is 2. The number of piperidine rings is 1. The molecule has 0 spiro atoms. The summed E-state index contributed by atoms with van der Waals surface area (Å²) in [6, 6.07) is 0.992. The number of rotatable bonds is 2. The third-order valence-corrected chi connectivity index (χ3v) is 4.22. The largest absolute Gasteiger partial charge is 0.420 e. The first-order chi connectivity index (χ1) is 11.2. The molecule has 7 nitrogen and oxygen atoms in total. The monoisotopic (exact) mass is 342 g/mol. The minimum atomic E-state index is -4.51. The van der Waals surface area contributed by atoms with E-state index in [4.69, 9.17) is 0 Å². The fourth-order valence-electron chi connectivity index (χ4n) is 2.95. The van der Waals surface area contributed by atoms with Crippen molar-refractivity contribution in [2.24, 2.45) is 7.05 Å². The fourth-order valence-corrected chi connectivity index (χ4v) is 2.95. The van der Waals surface area contributed by atoms with E-state index in [1.807, 2.05) is 0 Å². The molecule has 0 radical (unpaired) electrons. The van der Waals surface area contributed by atoms with Crippen LogP contribution >= 0.6 is 0 Å². The number of halogens is 3. The first-order valence-electron chi connectivity index (χ1n) is 7.44. The van der Waals surface area contributed by atoms with Crippen molar-refractivity contribution in [1.82, 2.24) is 25.0 Å². The second kappa shape index (κ2) is 5.69. The lowest BCUT2D eigenvalue weighted by Gasteiger charge is -2.38. The molecule has 1 N–H and O–H groups in total. The molecule has 0 atom stereocenters. The summed E-state index contributed by atoms with van der Waals surface area (Å²) in [5.41, 5.74) is -1.81. The van der Waals surface area contributed by atoms with Crippen LogP contribution in [0, 0.1) is 6.92 Å². The summed E-state index contributed by atoms with van der Waals surface area (Å²) in [5.74, 6) is 0.210. The smallest absolute Gasteiger partial charge is 0.382 e. The number of anilines is 1. The Hall–Kier alpha value is -2.23. The molecule has 0 saturated carbocycles. The van der Waals surface area contributed by atoms with Crippen molar-refractivity contribution in [1.29, 1.82) is 0 Å². The Bertz CT molecular complexity index is 736. The van der Waals surface area contributed by atoms with Gasteiger partial charge in [-0.1, -0.05) is 0 Å². The first-order valence-corrected chi connectivity index (χ1v) is 7.44. The van der Waals surface area contributed by atoms with Crippen LogP contribution in [0.2, 0.25) is 0 Å². The molecule has 1 aliphatic rings. The van der Waals surface area contributed by atoms with E-state index in [9.17, 15) is 18.3 Å². The predicted molar refractivity (Wildman–Crippen MR) is 78.1 cm³/mol. The molecule has 10 heteroatoms. The molecule has 1 fully saturated rings. The van der Waals surface area contributed by atoms with Crippen molar-refractivity contribution >= 4 is 5.82 Å². The molecule has 2 aromatic rings. The van der Waals surface area contributed by atoms with Crippen LogP contribution in [0.4, 0.5) is 19.0 Å². The lowest BCUT2D eigenvalue weighted by atomic mass is 9.90. The van der Waals surface area contributed by atoms with Crippen LogP contribution < -0.4 is 4.90 Å². The summed E-state index contributed by atoms with van der Waals surface area (Å²) in [6.45, 7) is 1.89. The van der Waals surface area contributed by atoms with Gasteiger partial charge >= 0.3 is 6.18 Å². The summed E-state index contributed by atoms with van der Waals surface area (Å²) in [7, 11) is 1.67. The van der Waals surface area contributed by atoms with Crippen molar-refractivity contribution in [2.75, 3.05) is 18.0 Å². The van der Waals surface area contributed by atoms with E-state index in [2.05, 4.69) is 20.3 Å². The zero-order valence-electron chi connectivity index (χ0n) is 13.2. The van der Waals surface area contributed by atoms with Gasteiger partial charge in [-0.2, -0.15) is 23.4 Å². The van der Waals surface area contributed by atoms with Crippen LogP contribution in [0.25, 0.3) is 0 Å². The number of aliphatic hydroxyl groups is 1. The zero-order valence-corrected chi connectivity index (χ0v) is 13.2. The molecule has 0 aliphatic carbocycles. The van der Waals surface area contributed by atoms with Crippen LogP contribution in [-0.4, -0.2) is 43.2 Å². The third kappa shape index (κ3) is 2.93. The van der Waals surface area contributed by atoms with Crippen LogP contribution in [0.5, 0.6) is 0 Å². The topological polar surface area (TPSA) is 80.0 Å². The van der Waals surface area contributed by atoms with E-state index >= 15 is 0 Å². The Labute approximate surface area is 136 Å². The number of nitrogens with zero attached hydrogens (tertiary/aromatic N) is 6. The standard InChI is InChI=1S/C14H17F3N6O/c1-9-7-10(14(15,16)17)11(21-20-9)23-5-3-13(24,4-6-23)12-18-8-19-22(12)2/h7-8,24H,3-6H2,1-2H3. The highest BCUT2D eigenvalue weighted by molar-refractivity contribution is 5.48. The maximum atomic E-state index is 13.2. The quantitative estimate of drug-likeness (QED) is 0.889. The summed E-state index contributed by atoms with van der Waals surface area (Å²) in [4.78, 5) is 5.55. The van der Waals surface area contributed by atoms with Gasteiger partial charge in [0.15, 0.2) is 11.6 Å². The minimum absolute atomic E-state index is 0.201. The van der Waals surface area contributed by atoms with E-state index in [0.717, 1.165) is 6.07 Å². The summed E-state index contributed by atoms with van der Waals surface area (Å²) < 4.78 is 41.2. The van der Waals surface area contributed by atoms with E-state index in [1.54, 1.807) is 7.05 Å². The van der Waals surface area contributed by atoms with Crippen molar-refractivity contribution in [3.63, 3.8) is 0 Å². The van der Waals surface area contributed by atoms with Gasteiger partial charge in [-0.25, -0.2) is 4.98 Å². The molecular weight excluding hydrogens is 325 g/mol. The maximum Gasteiger partial charge on any atom is 0.420 e. The SMILES string of the molecule is Cc1cc(C(F)(F)F)c(N2CCC(O)(c3ncnn3C)CC2)nn1. The van der Waals surface area contributed by atoms with Gasteiger partial charge in [-0.3, -0.25) is 4.68 Å². The van der Waals surface area contributed by atoms with E-state index < -0.39 is 17.3 Å². The number of aromatic nitrogens is 5. The maximum absolute atomic E-state index is 13.2. The molecular formula is C14H17F3N6O. The molecule has 2 aromatic heterocycles. The molecule has 1 aliphatic heterocycles. The number of hydrogen-bond acceptors (Lipinski definition) is 6. The molecule has 1 saturated heterocycles. The molecule has 3 heterocycles. The van der Waals surface area contributed by atoms with Gasteiger partial charge < -0.3 is 10.0 Å². The predicted octanol–water partition coefficient (Wildman–Crippen LogP) is 1.42.